The molecule has 3 fully saturated rings. The van der Waals surface area contributed by atoms with Gasteiger partial charge in [-0.05, 0) is 49.8 Å². The lowest BCUT2D eigenvalue weighted by Gasteiger charge is -2.55. The van der Waals surface area contributed by atoms with Gasteiger partial charge >= 0.3 is 6.09 Å². The molecule has 1 aromatic rings. The van der Waals surface area contributed by atoms with Crippen molar-refractivity contribution in [3.63, 3.8) is 0 Å². The monoisotopic (exact) mass is 378 g/mol. The Bertz CT molecular complexity index is 699. The molecule has 8 nitrogen and oxygen atoms in total. The number of aliphatic hydroxyl groups is 1. The zero-order chi connectivity index (χ0) is 19.5. The highest BCUT2D eigenvalue weighted by molar-refractivity contribution is 5.78. The van der Waals surface area contributed by atoms with Crippen LogP contribution in [0.5, 0.6) is 5.75 Å². The van der Waals surface area contributed by atoms with E-state index >= 15 is 0 Å². The number of carbonyl (C=O) groups excluding carboxylic acids is 1. The molecule has 0 spiro atoms. The highest BCUT2D eigenvalue weighted by Crippen LogP contribution is 2.47. The van der Waals surface area contributed by atoms with Gasteiger partial charge in [0.1, 0.15) is 5.75 Å². The first-order valence-corrected chi connectivity index (χ1v) is 9.07. The van der Waals surface area contributed by atoms with E-state index in [1.807, 2.05) is 18.2 Å². The number of rotatable bonds is 7. The third-order valence-electron chi connectivity index (χ3n) is 5.66. The van der Waals surface area contributed by atoms with Crippen molar-refractivity contribution in [2.24, 2.45) is 0 Å². The summed E-state index contributed by atoms with van der Waals surface area (Å²) in [6, 6.07) is 7.36. The van der Waals surface area contributed by atoms with E-state index in [2.05, 4.69) is 10.6 Å². The molecule has 8 heteroatoms. The number of hydrogen-bond acceptors (Lipinski definition) is 5. The molecule has 0 saturated heterocycles. The van der Waals surface area contributed by atoms with Gasteiger partial charge in [-0.15, -0.1) is 0 Å². The summed E-state index contributed by atoms with van der Waals surface area (Å²) in [6.07, 6.45) is 0.641. The van der Waals surface area contributed by atoms with Gasteiger partial charge in [0.25, 0.3) is 5.91 Å². The molecule has 4 rings (SSSR count). The summed E-state index contributed by atoms with van der Waals surface area (Å²) in [5.74, 6) is 0.342. The van der Waals surface area contributed by atoms with E-state index in [9.17, 15) is 14.7 Å². The Morgan fingerprint density at radius 1 is 1.22 bits per heavy atom. The second-order valence-corrected chi connectivity index (χ2v) is 7.50. The lowest BCUT2D eigenvalue weighted by atomic mass is 9.60. The standard InChI is InChI=1S/C19H26N2O6/c1-26-11-13-3-2-4-14(9-13)27-12-16(23)20-18-5-7-19(8-6-18,15(22)10-18)21-17(24)25/h2-4,9,15,21-22H,5-8,10-12H2,1H3,(H,20,23)(H,24,25). The maximum atomic E-state index is 12.4. The number of carbonyl (C=O) groups is 2. The van der Waals surface area contributed by atoms with Crippen LogP contribution in [0.4, 0.5) is 4.79 Å². The lowest BCUT2D eigenvalue weighted by Crippen LogP contribution is -2.70. The van der Waals surface area contributed by atoms with Crippen molar-refractivity contribution in [2.75, 3.05) is 13.7 Å². The van der Waals surface area contributed by atoms with E-state index < -0.39 is 23.3 Å². The number of carboxylic acid groups (broad SMARTS) is 1. The molecule has 27 heavy (non-hydrogen) atoms. The van der Waals surface area contributed by atoms with Crippen molar-refractivity contribution in [1.29, 1.82) is 0 Å². The average Bonchev–Trinajstić information content (AvgIpc) is 2.62. The van der Waals surface area contributed by atoms with Crippen LogP contribution in [0.25, 0.3) is 0 Å². The SMILES string of the molecule is COCc1cccc(OCC(=O)NC23CCC(NC(=O)O)(CC2)C(O)C3)c1. The first-order chi connectivity index (χ1) is 12.9. The summed E-state index contributed by atoms with van der Waals surface area (Å²) in [7, 11) is 1.61. The first-order valence-electron chi connectivity index (χ1n) is 9.07. The van der Waals surface area contributed by atoms with Crippen LogP contribution in [0.3, 0.4) is 0 Å². The molecule has 3 aliphatic rings. The summed E-state index contributed by atoms with van der Waals surface area (Å²) < 4.78 is 10.7. The number of fused-ring (bicyclic) bond motifs is 3. The Morgan fingerprint density at radius 2 is 1.96 bits per heavy atom. The molecule has 1 aromatic carbocycles. The Balaban J connectivity index is 1.54. The number of hydrogen-bond donors (Lipinski definition) is 4. The number of benzene rings is 1. The van der Waals surface area contributed by atoms with Crippen molar-refractivity contribution in [1.82, 2.24) is 10.6 Å². The molecule has 3 aliphatic carbocycles. The molecule has 0 aliphatic heterocycles. The Hall–Kier alpha value is -2.32. The smallest absolute Gasteiger partial charge is 0.405 e. The fourth-order valence-corrected chi connectivity index (χ4v) is 4.25. The maximum Gasteiger partial charge on any atom is 0.405 e. The number of methoxy groups -OCH3 is 1. The van der Waals surface area contributed by atoms with Gasteiger partial charge < -0.3 is 30.3 Å². The van der Waals surface area contributed by atoms with E-state index in [1.54, 1.807) is 13.2 Å². The minimum absolute atomic E-state index is 0.118. The molecule has 4 N–H and O–H groups in total. The average molecular weight is 378 g/mol. The lowest BCUT2D eigenvalue weighted by molar-refractivity contribution is -0.129. The second-order valence-electron chi connectivity index (χ2n) is 7.50. The van der Waals surface area contributed by atoms with Crippen LogP contribution in [0.1, 0.15) is 37.7 Å². The quantitative estimate of drug-likeness (QED) is 0.570. The predicted molar refractivity (Wildman–Crippen MR) is 96.5 cm³/mol. The Morgan fingerprint density at radius 3 is 2.59 bits per heavy atom. The van der Waals surface area contributed by atoms with Gasteiger partial charge in [0.15, 0.2) is 6.61 Å². The van der Waals surface area contributed by atoms with Gasteiger partial charge in [-0.25, -0.2) is 4.79 Å². The highest BCUT2D eigenvalue weighted by Gasteiger charge is 2.55. The van der Waals surface area contributed by atoms with Gasteiger partial charge in [-0.1, -0.05) is 12.1 Å². The Kier molecular flexibility index (Phi) is 5.57. The topological polar surface area (TPSA) is 117 Å². The van der Waals surface area contributed by atoms with Crippen LogP contribution in [-0.2, 0) is 16.1 Å². The summed E-state index contributed by atoms with van der Waals surface area (Å²) >= 11 is 0. The van der Waals surface area contributed by atoms with Crippen molar-refractivity contribution >= 4 is 12.0 Å². The van der Waals surface area contributed by atoms with Crippen LogP contribution < -0.4 is 15.4 Å². The molecule has 0 aromatic heterocycles. The Labute approximate surface area is 157 Å². The summed E-state index contributed by atoms with van der Waals surface area (Å²) in [6.45, 7) is 0.351. The number of ether oxygens (including phenoxy) is 2. The molecular weight excluding hydrogens is 352 g/mol. The van der Waals surface area contributed by atoms with Crippen LogP contribution >= 0.6 is 0 Å². The largest absolute Gasteiger partial charge is 0.484 e. The highest BCUT2D eigenvalue weighted by atomic mass is 16.5. The summed E-state index contributed by atoms with van der Waals surface area (Å²) in [4.78, 5) is 23.4. The van der Waals surface area contributed by atoms with Crippen LogP contribution in [0, 0.1) is 0 Å². The van der Waals surface area contributed by atoms with E-state index in [-0.39, 0.29) is 12.5 Å². The number of amides is 2. The van der Waals surface area contributed by atoms with Crippen LogP contribution in [0.15, 0.2) is 24.3 Å². The fourth-order valence-electron chi connectivity index (χ4n) is 4.25. The first kappa shape index (κ1) is 19.4. The zero-order valence-electron chi connectivity index (χ0n) is 15.4. The van der Waals surface area contributed by atoms with E-state index in [0.717, 1.165) is 5.56 Å². The van der Waals surface area contributed by atoms with Gasteiger partial charge in [0, 0.05) is 12.6 Å². The number of aliphatic hydroxyl groups excluding tert-OH is 1. The molecule has 3 saturated carbocycles. The van der Waals surface area contributed by atoms with Crippen LogP contribution in [-0.4, -0.2) is 53.1 Å². The summed E-state index contributed by atoms with van der Waals surface area (Å²) in [5.41, 5.74) is -0.338. The van der Waals surface area contributed by atoms with Gasteiger partial charge in [-0.3, -0.25) is 4.79 Å². The van der Waals surface area contributed by atoms with E-state index in [0.29, 0.717) is 44.5 Å². The van der Waals surface area contributed by atoms with Gasteiger partial charge in [0.05, 0.1) is 18.2 Å². The fraction of sp³-hybridized carbons (Fsp3) is 0.579. The van der Waals surface area contributed by atoms with E-state index in [4.69, 9.17) is 14.6 Å². The van der Waals surface area contributed by atoms with Crippen molar-refractivity contribution < 1.29 is 29.3 Å². The summed E-state index contributed by atoms with van der Waals surface area (Å²) in [5, 5.41) is 25.0. The molecule has 2 amide bonds. The van der Waals surface area contributed by atoms with Crippen LogP contribution in [0.2, 0.25) is 0 Å². The van der Waals surface area contributed by atoms with E-state index in [1.165, 1.54) is 0 Å². The second kappa shape index (κ2) is 7.74. The van der Waals surface area contributed by atoms with Crippen molar-refractivity contribution in [2.45, 2.75) is 55.9 Å². The molecule has 0 heterocycles. The minimum Gasteiger partial charge on any atom is -0.484 e. The predicted octanol–water partition coefficient (Wildman–Crippen LogP) is 1.41. The molecule has 1 unspecified atom stereocenters. The third-order valence-corrected chi connectivity index (χ3v) is 5.66. The number of nitrogens with one attached hydrogen (secondary N) is 2. The molecule has 0 radical (unpaired) electrons. The van der Waals surface area contributed by atoms with Crippen molar-refractivity contribution in [3.05, 3.63) is 29.8 Å². The molecule has 148 valence electrons. The zero-order valence-corrected chi connectivity index (χ0v) is 15.4. The maximum absolute atomic E-state index is 12.4. The minimum atomic E-state index is -1.13. The molecule has 1 atom stereocenters. The third kappa shape index (κ3) is 4.33. The normalized spacial score (nSPS) is 29.2. The van der Waals surface area contributed by atoms with Gasteiger partial charge in [0.2, 0.25) is 0 Å². The molecule has 2 bridgehead atoms. The van der Waals surface area contributed by atoms with Gasteiger partial charge in [-0.2, -0.15) is 0 Å². The molecular formula is C19H26N2O6. The van der Waals surface area contributed by atoms with Crippen molar-refractivity contribution in [3.8, 4) is 5.75 Å².